The van der Waals surface area contributed by atoms with Crippen molar-refractivity contribution >= 4 is 17.7 Å². The fourth-order valence-electron chi connectivity index (χ4n) is 3.45. The number of fused-ring (bicyclic) bond motifs is 1. The number of nitrogens with zero attached hydrogens (tertiary/aromatic N) is 4. The first-order valence-corrected chi connectivity index (χ1v) is 10.7. The Morgan fingerprint density at radius 3 is 2.92 bits per heavy atom. The first-order valence-electron chi connectivity index (χ1n) is 9.50. The number of hydrogen-bond acceptors (Lipinski definition) is 4. The van der Waals surface area contributed by atoms with Crippen molar-refractivity contribution in [2.45, 2.75) is 45.2 Å². The van der Waals surface area contributed by atoms with E-state index in [1.54, 1.807) is 0 Å². The molecule has 1 unspecified atom stereocenters. The molecule has 1 atom stereocenters. The molecule has 2 N–H and O–H groups in total. The third-order valence-corrected chi connectivity index (χ3v) is 5.96. The Balaban J connectivity index is 1.45. The van der Waals surface area contributed by atoms with Crippen LogP contribution in [0.15, 0.2) is 11.2 Å². The summed E-state index contributed by atoms with van der Waals surface area (Å²) in [6.07, 6.45) is 5.45. The van der Waals surface area contributed by atoms with E-state index >= 15 is 0 Å². The van der Waals surface area contributed by atoms with Crippen LogP contribution in [0.25, 0.3) is 0 Å². The fourth-order valence-corrected chi connectivity index (χ4v) is 4.42. The van der Waals surface area contributed by atoms with Crippen LogP contribution < -0.4 is 10.6 Å². The Hall–Kier alpha value is -1.21. The molecule has 1 saturated heterocycles. The summed E-state index contributed by atoms with van der Waals surface area (Å²) in [5, 5.41) is 11.8. The van der Waals surface area contributed by atoms with E-state index in [1.165, 1.54) is 35.9 Å². The Morgan fingerprint density at radius 2 is 2.20 bits per heavy atom. The summed E-state index contributed by atoms with van der Waals surface area (Å²) < 4.78 is 2.09. The number of aromatic nitrogens is 2. The van der Waals surface area contributed by atoms with Gasteiger partial charge in [-0.25, -0.2) is 0 Å². The molecule has 0 radical (unpaired) electrons. The zero-order valence-corrected chi connectivity index (χ0v) is 16.6. The Morgan fingerprint density at radius 1 is 1.40 bits per heavy atom. The summed E-state index contributed by atoms with van der Waals surface area (Å²) >= 11 is 2.06. The molecule has 7 heteroatoms. The minimum Gasteiger partial charge on any atom is -0.355 e. The zero-order valence-electron chi connectivity index (χ0n) is 15.8. The van der Waals surface area contributed by atoms with Gasteiger partial charge in [0.25, 0.3) is 0 Å². The fraction of sp³-hybridized carbons (Fsp3) is 0.778. The highest BCUT2D eigenvalue weighted by Crippen LogP contribution is 2.21. The van der Waals surface area contributed by atoms with Crippen molar-refractivity contribution in [1.29, 1.82) is 0 Å². The largest absolute Gasteiger partial charge is 0.355 e. The molecule has 0 saturated carbocycles. The average molecular weight is 365 g/mol. The van der Waals surface area contributed by atoms with Gasteiger partial charge in [-0.05, 0) is 32.3 Å². The molecule has 2 aliphatic rings. The van der Waals surface area contributed by atoms with Crippen LogP contribution in [0.3, 0.4) is 0 Å². The van der Waals surface area contributed by atoms with Gasteiger partial charge in [0.2, 0.25) is 0 Å². The number of hydrogen-bond donors (Lipinski definition) is 2. The molecular formula is C18H32N6S. The van der Waals surface area contributed by atoms with Gasteiger partial charge < -0.3 is 10.6 Å². The van der Waals surface area contributed by atoms with E-state index in [4.69, 9.17) is 5.10 Å². The van der Waals surface area contributed by atoms with Gasteiger partial charge in [-0.1, -0.05) is 0 Å². The number of aliphatic imine (C=N–C) groups is 1. The second kappa shape index (κ2) is 8.94. The molecule has 3 rings (SSSR count). The Bertz CT molecular complexity index is 576. The second-order valence-corrected chi connectivity index (χ2v) is 8.44. The molecule has 1 aromatic heterocycles. The van der Waals surface area contributed by atoms with Crippen molar-refractivity contribution in [1.82, 2.24) is 25.3 Å². The molecule has 140 valence electrons. The van der Waals surface area contributed by atoms with Crippen LogP contribution in [0.4, 0.5) is 0 Å². The maximum absolute atomic E-state index is 4.76. The highest BCUT2D eigenvalue weighted by atomic mass is 32.2. The van der Waals surface area contributed by atoms with Crippen LogP contribution in [0.5, 0.6) is 0 Å². The van der Waals surface area contributed by atoms with E-state index in [1.807, 2.05) is 7.05 Å². The van der Waals surface area contributed by atoms with Gasteiger partial charge in [0.05, 0.1) is 5.69 Å². The molecule has 25 heavy (non-hydrogen) atoms. The summed E-state index contributed by atoms with van der Waals surface area (Å²) in [5.74, 6) is 3.45. The van der Waals surface area contributed by atoms with E-state index in [0.717, 1.165) is 38.3 Å². The van der Waals surface area contributed by atoms with Crippen molar-refractivity contribution in [2.75, 3.05) is 44.7 Å². The standard InChI is InChI=1S/C18H32N6S/c1-14(2)24-13-15-4-5-16(12-17(15)22-24)21-18(19-3)20-6-7-23-8-10-25-11-9-23/h13-14,16H,4-12H2,1-3H3,(H2,19,20,21). The normalized spacial score (nSPS) is 22.1. The van der Waals surface area contributed by atoms with Crippen LogP contribution in [-0.4, -0.2) is 71.4 Å². The topological polar surface area (TPSA) is 57.5 Å². The molecule has 1 aliphatic carbocycles. The van der Waals surface area contributed by atoms with Gasteiger partial charge in [-0.2, -0.15) is 16.9 Å². The predicted octanol–water partition coefficient (Wildman–Crippen LogP) is 1.54. The van der Waals surface area contributed by atoms with Gasteiger partial charge in [0, 0.05) is 69.4 Å². The molecule has 1 aliphatic heterocycles. The third-order valence-electron chi connectivity index (χ3n) is 5.01. The lowest BCUT2D eigenvalue weighted by atomic mass is 9.94. The summed E-state index contributed by atoms with van der Waals surface area (Å²) in [6.45, 7) is 8.83. The summed E-state index contributed by atoms with van der Waals surface area (Å²) in [7, 11) is 1.86. The predicted molar refractivity (Wildman–Crippen MR) is 107 cm³/mol. The Kier molecular flexibility index (Phi) is 6.64. The Labute approximate surface area is 155 Å². The van der Waals surface area contributed by atoms with Gasteiger partial charge in [-0.15, -0.1) is 0 Å². The van der Waals surface area contributed by atoms with Crippen LogP contribution in [0.2, 0.25) is 0 Å². The molecule has 0 amide bonds. The van der Waals surface area contributed by atoms with Gasteiger partial charge in [0.15, 0.2) is 5.96 Å². The highest BCUT2D eigenvalue weighted by molar-refractivity contribution is 7.99. The number of guanidine groups is 1. The lowest BCUT2D eigenvalue weighted by molar-refractivity contribution is 0.306. The van der Waals surface area contributed by atoms with Crippen molar-refractivity contribution in [3.8, 4) is 0 Å². The van der Waals surface area contributed by atoms with E-state index in [9.17, 15) is 0 Å². The smallest absolute Gasteiger partial charge is 0.191 e. The number of nitrogens with one attached hydrogen (secondary N) is 2. The average Bonchev–Trinajstić information content (AvgIpc) is 3.05. The monoisotopic (exact) mass is 364 g/mol. The molecule has 0 bridgehead atoms. The molecular weight excluding hydrogens is 332 g/mol. The molecule has 2 heterocycles. The molecule has 0 aromatic carbocycles. The van der Waals surface area contributed by atoms with Gasteiger partial charge in [-0.3, -0.25) is 14.6 Å². The van der Waals surface area contributed by atoms with Crippen LogP contribution in [-0.2, 0) is 12.8 Å². The van der Waals surface area contributed by atoms with E-state index in [2.05, 4.69) is 57.0 Å². The van der Waals surface area contributed by atoms with E-state index in [-0.39, 0.29) is 0 Å². The van der Waals surface area contributed by atoms with E-state index in [0.29, 0.717) is 12.1 Å². The number of rotatable bonds is 5. The summed E-state index contributed by atoms with van der Waals surface area (Å²) in [6, 6.07) is 0.847. The van der Waals surface area contributed by atoms with Crippen LogP contribution in [0.1, 0.15) is 37.6 Å². The minimum atomic E-state index is 0.417. The summed E-state index contributed by atoms with van der Waals surface area (Å²) in [4.78, 5) is 6.93. The van der Waals surface area contributed by atoms with Crippen LogP contribution in [0, 0.1) is 0 Å². The molecule has 6 nitrogen and oxygen atoms in total. The molecule has 1 fully saturated rings. The lowest BCUT2D eigenvalue weighted by Gasteiger charge is -2.27. The quantitative estimate of drug-likeness (QED) is 0.613. The SMILES string of the molecule is CN=C(NCCN1CCSCC1)NC1CCc2cn(C(C)C)nc2C1. The van der Waals surface area contributed by atoms with Crippen molar-refractivity contribution in [2.24, 2.45) is 4.99 Å². The highest BCUT2D eigenvalue weighted by Gasteiger charge is 2.23. The minimum absolute atomic E-state index is 0.417. The van der Waals surface area contributed by atoms with Crippen LogP contribution >= 0.6 is 11.8 Å². The van der Waals surface area contributed by atoms with Crippen molar-refractivity contribution in [3.63, 3.8) is 0 Å². The van der Waals surface area contributed by atoms with Gasteiger partial charge >= 0.3 is 0 Å². The van der Waals surface area contributed by atoms with Gasteiger partial charge in [0.1, 0.15) is 0 Å². The maximum Gasteiger partial charge on any atom is 0.191 e. The third kappa shape index (κ3) is 5.14. The van der Waals surface area contributed by atoms with Crippen molar-refractivity contribution < 1.29 is 0 Å². The maximum atomic E-state index is 4.76. The summed E-state index contributed by atoms with van der Waals surface area (Å²) in [5.41, 5.74) is 2.66. The molecule has 1 aromatic rings. The van der Waals surface area contributed by atoms with E-state index < -0.39 is 0 Å². The lowest BCUT2D eigenvalue weighted by Crippen LogP contribution is -2.48. The first kappa shape index (κ1) is 18.6. The molecule has 0 spiro atoms. The first-order chi connectivity index (χ1) is 12.2. The second-order valence-electron chi connectivity index (χ2n) is 7.21. The van der Waals surface area contributed by atoms with Crippen molar-refractivity contribution in [3.05, 3.63) is 17.5 Å². The number of aryl methyl sites for hydroxylation is 1. The zero-order chi connectivity index (χ0) is 17.6. The number of thioether (sulfide) groups is 1.